The highest BCUT2D eigenvalue weighted by Gasteiger charge is 2.56. The molecule has 2 nitrogen and oxygen atoms in total. The largest absolute Gasteiger partial charge is 0.372 e. The van der Waals surface area contributed by atoms with Gasteiger partial charge in [-0.05, 0) is 36.0 Å². The normalized spacial score (nSPS) is 28.9. The summed E-state index contributed by atoms with van der Waals surface area (Å²) >= 11 is 0. The highest BCUT2D eigenvalue weighted by atomic mass is 19.1. The summed E-state index contributed by atoms with van der Waals surface area (Å²) in [5.41, 5.74) is 1.21. The molecular weight excluding hydrogens is 229 g/mol. The summed E-state index contributed by atoms with van der Waals surface area (Å²) in [5, 5.41) is 3.50. The van der Waals surface area contributed by atoms with E-state index in [9.17, 15) is 4.39 Å². The van der Waals surface area contributed by atoms with Gasteiger partial charge in [-0.3, -0.25) is 0 Å². The number of morpholine rings is 1. The summed E-state index contributed by atoms with van der Waals surface area (Å²) in [6, 6.07) is 7.00. The van der Waals surface area contributed by atoms with E-state index in [0.717, 1.165) is 31.6 Å². The minimum atomic E-state index is -0.173. The van der Waals surface area contributed by atoms with Crippen LogP contribution in [0.25, 0.3) is 0 Å². The van der Waals surface area contributed by atoms with Crippen molar-refractivity contribution < 1.29 is 9.13 Å². The van der Waals surface area contributed by atoms with Crippen molar-refractivity contribution in [3.63, 3.8) is 0 Å². The first-order valence-electron chi connectivity index (χ1n) is 6.64. The second kappa shape index (κ2) is 4.04. The molecule has 1 atom stereocenters. The average Bonchev–Trinajstić information content (AvgIpc) is 2.27. The third-order valence-corrected chi connectivity index (χ3v) is 4.10. The van der Waals surface area contributed by atoms with E-state index in [2.05, 4.69) is 19.2 Å². The van der Waals surface area contributed by atoms with Crippen LogP contribution in [0.2, 0.25) is 0 Å². The molecule has 1 saturated carbocycles. The van der Waals surface area contributed by atoms with Gasteiger partial charge in [0.15, 0.2) is 0 Å². The molecule has 1 unspecified atom stereocenters. The maximum Gasteiger partial charge on any atom is 0.123 e. The Morgan fingerprint density at radius 1 is 1.33 bits per heavy atom. The standard InChI is InChI=1S/C15H20FNO/c1-14(2)9-15(10-14)13(17-6-7-18-15)11-4-3-5-12(16)8-11/h3-5,8,13,17H,6-7,9-10H2,1-2H3. The number of hydrogen-bond donors (Lipinski definition) is 1. The predicted octanol–water partition coefficient (Wildman–Crippen LogP) is 3.05. The van der Waals surface area contributed by atoms with E-state index in [1.165, 1.54) is 6.07 Å². The van der Waals surface area contributed by atoms with Crippen LogP contribution in [-0.2, 0) is 4.74 Å². The van der Waals surface area contributed by atoms with Crippen molar-refractivity contribution in [1.29, 1.82) is 0 Å². The van der Waals surface area contributed by atoms with Gasteiger partial charge >= 0.3 is 0 Å². The average molecular weight is 249 g/mol. The van der Waals surface area contributed by atoms with Gasteiger partial charge in [0.1, 0.15) is 5.82 Å². The predicted molar refractivity (Wildman–Crippen MR) is 68.8 cm³/mol. The Hall–Kier alpha value is -0.930. The number of halogens is 1. The van der Waals surface area contributed by atoms with Crippen LogP contribution in [0.1, 0.15) is 38.3 Å². The van der Waals surface area contributed by atoms with Crippen LogP contribution >= 0.6 is 0 Å². The van der Waals surface area contributed by atoms with Crippen molar-refractivity contribution in [3.8, 4) is 0 Å². The smallest absolute Gasteiger partial charge is 0.123 e. The highest BCUT2D eigenvalue weighted by molar-refractivity contribution is 5.26. The number of ether oxygens (including phenoxy) is 1. The van der Waals surface area contributed by atoms with Gasteiger partial charge in [0.2, 0.25) is 0 Å². The van der Waals surface area contributed by atoms with Crippen LogP contribution < -0.4 is 5.32 Å². The van der Waals surface area contributed by atoms with Crippen LogP contribution in [0.15, 0.2) is 24.3 Å². The molecule has 1 aliphatic carbocycles. The van der Waals surface area contributed by atoms with Crippen molar-refractivity contribution in [3.05, 3.63) is 35.6 Å². The Morgan fingerprint density at radius 3 is 2.78 bits per heavy atom. The van der Waals surface area contributed by atoms with Crippen molar-refractivity contribution in [2.75, 3.05) is 13.2 Å². The van der Waals surface area contributed by atoms with Crippen molar-refractivity contribution in [2.45, 2.75) is 38.3 Å². The molecular formula is C15H20FNO. The summed E-state index contributed by atoms with van der Waals surface area (Å²) in [7, 11) is 0. The fourth-order valence-electron chi connectivity index (χ4n) is 3.71. The molecule has 0 radical (unpaired) electrons. The number of benzene rings is 1. The third-order valence-electron chi connectivity index (χ3n) is 4.10. The van der Waals surface area contributed by atoms with E-state index in [4.69, 9.17) is 4.74 Å². The lowest BCUT2D eigenvalue weighted by molar-refractivity contribution is -0.195. The van der Waals surface area contributed by atoms with Gasteiger partial charge in [-0.15, -0.1) is 0 Å². The Balaban J connectivity index is 1.89. The second-order valence-corrected chi connectivity index (χ2v) is 6.37. The van der Waals surface area contributed by atoms with Gasteiger partial charge in [0, 0.05) is 6.54 Å². The van der Waals surface area contributed by atoms with Gasteiger partial charge < -0.3 is 10.1 Å². The quantitative estimate of drug-likeness (QED) is 0.826. The van der Waals surface area contributed by atoms with E-state index < -0.39 is 0 Å². The van der Waals surface area contributed by atoms with E-state index in [-0.39, 0.29) is 17.5 Å². The summed E-state index contributed by atoms with van der Waals surface area (Å²) in [6.07, 6.45) is 2.07. The Morgan fingerprint density at radius 2 is 2.11 bits per heavy atom. The topological polar surface area (TPSA) is 21.3 Å². The Kier molecular flexibility index (Phi) is 2.72. The van der Waals surface area contributed by atoms with Crippen LogP contribution in [0.4, 0.5) is 4.39 Å². The lowest BCUT2D eigenvalue weighted by atomic mass is 9.57. The molecule has 3 heteroatoms. The fourth-order valence-corrected chi connectivity index (χ4v) is 3.71. The summed E-state index contributed by atoms with van der Waals surface area (Å²) in [5.74, 6) is -0.173. The lowest BCUT2D eigenvalue weighted by Crippen LogP contribution is -2.61. The first-order chi connectivity index (χ1) is 8.51. The third kappa shape index (κ3) is 1.95. The van der Waals surface area contributed by atoms with Crippen molar-refractivity contribution >= 4 is 0 Å². The first-order valence-corrected chi connectivity index (χ1v) is 6.64. The molecule has 0 bridgehead atoms. The molecule has 98 valence electrons. The molecule has 3 rings (SSSR count). The summed E-state index contributed by atoms with van der Waals surface area (Å²) < 4.78 is 19.4. The van der Waals surface area contributed by atoms with Crippen molar-refractivity contribution in [1.82, 2.24) is 5.32 Å². The van der Waals surface area contributed by atoms with Crippen molar-refractivity contribution in [2.24, 2.45) is 5.41 Å². The molecule has 1 aromatic rings. The SMILES string of the molecule is CC1(C)CC2(C1)OCCNC2c1cccc(F)c1. The molecule has 2 aliphatic rings. The maximum atomic E-state index is 13.4. The lowest BCUT2D eigenvalue weighted by Gasteiger charge is -2.58. The number of nitrogens with one attached hydrogen (secondary N) is 1. The Bertz CT molecular complexity index is 450. The monoisotopic (exact) mass is 249 g/mol. The van der Waals surface area contributed by atoms with Gasteiger partial charge in [0.25, 0.3) is 0 Å². The van der Waals surface area contributed by atoms with Crippen LogP contribution in [0.3, 0.4) is 0 Å². The van der Waals surface area contributed by atoms with E-state index in [0.29, 0.717) is 5.41 Å². The Labute approximate surface area is 108 Å². The summed E-state index contributed by atoms with van der Waals surface area (Å²) in [6.45, 7) is 6.11. The number of rotatable bonds is 1. The van der Waals surface area contributed by atoms with Gasteiger partial charge in [-0.25, -0.2) is 4.39 Å². The molecule has 1 aromatic carbocycles. The van der Waals surface area contributed by atoms with E-state index in [1.54, 1.807) is 12.1 Å². The molecule has 1 heterocycles. The van der Waals surface area contributed by atoms with Gasteiger partial charge in [0.05, 0.1) is 18.2 Å². The minimum Gasteiger partial charge on any atom is -0.372 e. The van der Waals surface area contributed by atoms with Crippen LogP contribution in [0.5, 0.6) is 0 Å². The molecule has 18 heavy (non-hydrogen) atoms. The zero-order valence-corrected chi connectivity index (χ0v) is 11.0. The molecule has 0 aromatic heterocycles. The molecule has 1 aliphatic heterocycles. The van der Waals surface area contributed by atoms with Gasteiger partial charge in [-0.2, -0.15) is 0 Å². The first kappa shape index (κ1) is 12.1. The zero-order chi connectivity index (χ0) is 12.8. The second-order valence-electron chi connectivity index (χ2n) is 6.37. The highest BCUT2D eigenvalue weighted by Crippen LogP contribution is 2.56. The molecule has 1 saturated heterocycles. The molecule has 2 fully saturated rings. The summed E-state index contributed by atoms with van der Waals surface area (Å²) in [4.78, 5) is 0. The number of hydrogen-bond acceptors (Lipinski definition) is 2. The zero-order valence-electron chi connectivity index (χ0n) is 11.0. The fraction of sp³-hybridized carbons (Fsp3) is 0.600. The van der Waals surface area contributed by atoms with Crippen LogP contribution in [-0.4, -0.2) is 18.8 Å². The maximum absolute atomic E-state index is 13.4. The van der Waals surface area contributed by atoms with E-state index in [1.807, 2.05) is 6.07 Å². The molecule has 1 spiro atoms. The van der Waals surface area contributed by atoms with Gasteiger partial charge in [-0.1, -0.05) is 26.0 Å². The van der Waals surface area contributed by atoms with Crippen LogP contribution in [0, 0.1) is 11.2 Å². The molecule has 1 N–H and O–H groups in total. The van der Waals surface area contributed by atoms with E-state index >= 15 is 0 Å². The molecule has 0 amide bonds. The minimum absolute atomic E-state index is 0.120.